The first-order valence-corrected chi connectivity index (χ1v) is 6.89. The van der Waals surface area contributed by atoms with Gasteiger partial charge in [0.1, 0.15) is 5.82 Å². The predicted octanol–water partition coefficient (Wildman–Crippen LogP) is 4.51. The molecule has 3 aromatic rings. The highest BCUT2D eigenvalue weighted by atomic mass is 19.4. The lowest BCUT2D eigenvalue weighted by atomic mass is 10.1. The summed E-state index contributed by atoms with van der Waals surface area (Å²) in [6, 6.07) is 9.86. The standard InChI is InChI=1S/C16H11F4N3O/c17-14-6-1-10(7-13(14)16(18,19)20)8-21-12-4-2-11(3-5-12)15-23-22-9-24-15/h1-7,9,21H,8H2. The summed E-state index contributed by atoms with van der Waals surface area (Å²) in [5, 5.41) is 10.3. The number of aromatic nitrogens is 2. The summed E-state index contributed by atoms with van der Waals surface area (Å²) in [6.45, 7) is 0.128. The molecular weight excluding hydrogens is 326 g/mol. The van der Waals surface area contributed by atoms with Gasteiger partial charge in [0.15, 0.2) is 0 Å². The van der Waals surface area contributed by atoms with Crippen LogP contribution in [0.3, 0.4) is 0 Å². The molecule has 8 heteroatoms. The van der Waals surface area contributed by atoms with E-state index in [1.165, 1.54) is 12.5 Å². The Morgan fingerprint density at radius 3 is 2.42 bits per heavy atom. The molecule has 0 aliphatic heterocycles. The Morgan fingerprint density at radius 1 is 1.04 bits per heavy atom. The number of benzene rings is 2. The Labute approximate surface area is 134 Å². The summed E-state index contributed by atoms with van der Waals surface area (Å²) >= 11 is 0. The van der Waals surface area contributed by atoms with Crippen molar-refractivity contribution in [3.8, 4) is 11.5 Å². The molecule has 4 nitrogen and oxygen atoms in total. The molecule has 3 rings (SSSR count). The molecule has 2 aromatic carbocycles. The van der Waals surface area contributed by atoms with Gasteiger partial charge >= 0.3 is 6.18 Å². The third-order valence-corrected chi connectivity index (χ3v) is 3.32. The second kappa shape index (κ2) is 6.31. The number of nitrogens with zero attached hydrogens (tertiary/aromatic N) is 2. The van der Waals surface area contributed by atoms with Crippen LogP contribution in [0.5, 0.6) is 0 Å². The van der Waals surface area contributed by atoms with Gasteiger partial charge in [-0.1, -0.05) is 6.07 Å². The molecule has 0 saturated carbocycles. The number of rotatable bonds is 4. The van der Waals surface area contributed by atoms with Gasteiger partial charge in [0.05, 0.1) is 5.56 Å². The number of nitrogens with one attached hydrogen (secondary N) is 1. The molecule has 0 aliphatic rings. The van der Waals surface area contributed by atoms with Gasteiger partial charge in [-0.25, -0.2) is 4.39 Å². The quantitative estimate of drug-likeness (QED) is 0.712. The van der Waals surface area contributed by atoms with Crippen LogP contribution in [0.25, 0.3) is 11.5 Å². The first-order chi connectivity index (χ1) is 11.4. The lowest BCUT2D eigenvalue weighted by molar-refractivity contribution is -0.140. The van der Waals surface area contributed by atoms with E-state index in [-0.39, 0.29) is 6.54 Å². The zero-order valence-electron chi connectivity index (χ0n) is 12.1. The van der Waals surface area contributed by atoms with Crippen LogP contribution in [0.2, 0.25) is 0 Å². The summed E-state index contributed by atoms with van der Waals surface area (Å²) < 4.78 is 56.4. The van der Waals surface area contributed by atoms with Gasteiger partial charge < -0.3 is 9.73 Å². The minimum atomic E-state index is -4.72. The molecule has 1 N–H and O–H groups in total. The highest BCUT2D eigenvalue weighted by Crippen LogP contribution is 2.32. The summed E-state index contributed by atoms with van der Waals surface area (Å²) in [5.41, 5.74) is 0.466. The van der Waals surface area contributed by atoms with E-state index in [9.17, 15) is 17.6 Å². The van der Waals surface area contributed by atoms with Crippen LogP contribution >= 0.6 is 0 Å². The normalized spacial score (nSPS) is 11.5. The van der Waals surface area contributed by atoms with Crippen molar-refractivity contribution in [2.75, 3.05) is 5.32 Å². The molecule has 0 atom stereocenters. The minimum absolute atomic E-state index is 0.128. The molecule has 0 bridgehead atoms. The van der Waals surface area contributed by atoms with E-state index >= 15 is 0 Å². The molecule has 0 fully saturated rings. The van der Waals surface area contributed by atoms with Crippen molar-refractivity contribution in [3.63, 3.8) is 0 Å². The zero-order chi connectivity index (χ0) is 17.2. The topological polar surface area (TPSA) is 51.0 Å². The van der Waals surface area contributed by atoms with E-state index in [1.807, 2.05) is 0 Å². The number of hydrogen-bond donors (Lipinski definition) is 1. The summed E-state index contributed by atoms with van der Waals surface area (Å²) in [6.07, 6.45) is -3.50. The number of anilines is 1. The molecule has 0 unspecified atom stereocenters. The highest BCUT2D eigenvalue weighted by molar-refractivity contribution is 5.58. The van der Waals surface area contributed by atoms with E-state index in [2.05, 4.69) is 15.5 Å². The van der Waals surface area contributed by atoms with Crippen molar-refractivity contribution in [1.29, 1.82) is 0 Å². The van der Waals surface area contributed by atoms with E-state index in [0.29, 0.717) is 17.1 Å². The van der Waals surface area contributed by atoms with Crippen LogP contribution in [0, 0.1) is 5.82 Å². The van der Waals surface area contributed by atoms with Crippen LogP contribution in [0.4, 0.5) is 23.2 Å². The summed E-state index contributed by atoms with van der Waals surface area (Å²) in [4.78, 5) is 0. The first kappa shape index (κ1) is 16.0. The molecule has 0 radical (unpaired) electrons. The molecular formula is C16H11F4N3O. The average molecular weight is 337 g/mol. The van der Waals surface area contributed by atoms with Crippen molar-refractivity contribution >= 4 is 5.69 Å². The van der Waals surface area contributed by atoms with Gasteiger partial charge in [-0.3, -0.25) is 0 Å². The Balaban J connectivity index is 1.70. The highest BCUT2D eigenvalue weighted by Gasteiger charge is 2.34. The summed E-state index contributed by atoms with van der Waals surface area (Å²) in [5.74, 6) is -0.912. The average Bonchev–Trinajstić information content (AvgIpc) is 3.08. The molecule has 0 amide bonds. The molecule has 0 spiro atoms. The first-order valence-electron chi connectivity index (χ1n) is 6.89. The van der Waals surface area contributed by atoms with Gasteiger partial charge in [0.25, 0.3) is 0 Å². The van der Waals surface area contributed by atoms with Gasteiger partial charge in [-0.15, -0.1) is 10.2 Å². The maximum Gasteiger partial charge on any atom is 0.419 e. The van der Waals surface area contributed by atoms with Crippen LogP contribution in [-0.2, 0) is 12.7 Å². The van der Waals surface area contributed by atoms with Crippen molar-refractivity contribution < 1.29 is 22.0 Å². The number of hydrogen-bond acceptors (Lipinski definition) is 4. The maximum absolute atomic E-state index is 13.2. The lowest BCUT2D eigenvalue weighted by Crippen LogP contribution is -2.10. The smallest absolute Gasteiger partial charge is 0.419 e. The maximum atomic E-state index is 13.2. The van der Waals surface area contributed by atoms with E-state index in [4.69, 9.17) is 4.42 Å². The Morgan fingerprint density at radius 2 is 1.79 bits per heavy atom. The van der Waals surface area contributed by atoms with Crippen LogP contribution in [-0.4, -0.2) is 10.2 Å². The summed E-state index contributed by atoms with van der Waals surface area (Å²) in [7, 11) is 0. The van der Waals surface area contributed by atoms with E-state index in [0.717, 1.165) is 17.7 Å². The molecule has 0 aliphatic carbocycles. The third-order valence-electron chi connectivity index (χ3n) is 3.32. The molecule has 124 valence electrons. The van der Waals surface area contributed by atoms with Crippen molar-refractivity contribution in [3.05, 3.63) is 65.8 Å². The monoisotopic (exact) mass is 337 g/mol. The predicted molar refractivity (Wildman–Crippen MR) is 78.5 cm³/mol. The minimum Gasteiger partial charge on any atom is -0.423 e. The van der Waals surface area contributed by atoms with Gasteiger partial charge in [0, 0.05) is 17.8 Å². The molecule has 0 saturated heterocycles. The molecule has 1 aromatic heterocycles. The van der Waals surface area contributed by atoms with Crippen LogP contribution in [0.15, 0.2) is 53.3 Å². The number of alkyl halides is 3. The van der Waals surface area contributed by atoms with Gasteiger partial charge in [-0.05, 0) is 42.0 Å². The lowest BCUT2D eigenvalue weighted by Gasteiger charge is -2.11. The Bertz CT molecular complexity index is 814. The fourth-order valence-electron chi connectivity index (χ4n) is 2.13. The second-order valence-corrected chi connectivity index (χ2v) is 4.99. The zero-order valence-corrected chi connectivity index (χ0v) is 12.1. The van der Waals surface area contributed by atoms with Gasteiger partial charge in [0.2, 0.25) is 12.3 Å². The number of halogens is 4. The molecule has 1 heterocycles. The Kier molecular flexibility index (Phi) is 4.20. The van der Waals surface area contributed by atoms with Crippen molar-refractivity contribution in [2.24, 2.45) is 0 Å². The van der Waals surface area contributed by atoms with Crippen molar-refractivity contribution in [1.82, 2.24) is 10.2 Å². The third kappa shape index (κ3) is 3.53. The van der Waals surface area contributed by atoms with Gasteiger partial charge in [-0.2, -0.15) is 13.2 Å². The Hall–Kier alpha value is -2.90. The van der Waals surface area contributed by atoms with Crippen molar-refractivity contribution in [2.45, 2.75) is 12.7 Å². The van der Waals surface area contributed by atoms with E-state index in [1.54, 1.807) is 24.3 Å². The largest absolute Gasteiger partial charge is 0.423 e. The van der Waals surface area contributed by atoms with Crippen LogP contribution in [0.1, 0.15) is 11.1 Å². The fourth-order valence-corrected chi connectivity index (χ4v) is 2.13. The fraction of sp³-hybridized carbons (Fsp3) is 0.125. The molecule has 24 heavy (non-hydrogen) atoms. The SMILES string of the molecule is Fc1ccc(CNc2ccc(-c3nnco3)cc2)cc1C(F)(F)F. The second-order valence-electron chi connectivity index (χ2n) is 4.99. The van der Waals surface area contributed by atoms with E-state index < -0.39 is 17.6 Å². The van der Waals surface area contributed by atoms with Crippen LogP contribution < -0.4 is 5.32 Å².